The van der Waals surface area contributed by atoms with Gasteiger partial charge in [-0.25, -0.2) is 18.8 Å². The van der Waals surface area contributed by atoms with Gasteiger partial charge in [0.1, 0.15) is 11.9 Å². The molecule has 1 atom stereocenters. The van der Waals surface area contributed by atoms with Gasteiger partial charge in [-0.15, -0.1) is 0 Å². The molecule has 0 aliphatic rings. The number of hydrogen-bond donors (Lipinski definition) is 2. The lowest BCUT2D eigenvalue weighted by molar-refractivity contribution is -0.142. The van der Waals surface area contributed by atoms with E-state index in [4.69, 9.17) is 9.47 Å². The summed E-state index contributed by atoms with van der Waals surface area (Å²) in [5, 5.41) is 5.08. The fraction of sp³-hybridized carbons (Fsp3) is 0.250. The average Bonchev–Trinajstić information content (AvgIpc) is 2.69. The van der Waals surface area contributed by atoms with Crippen molar-refractivity contribution in [3.63, 3.8) is 0 Å². The zero-order chi connectivity index (χ0) is 20.5. The number of urea groups is 1. The Morgan fingerprint density at radius 3 is 2.46 bits per heavy atom. The first-order valence-corrected chi connectivity index (χ1v) is 8.60. The van der Waals surface area contributed by atoms with Crippen molar-refractivity contribution in [1.82, 2.24) is 5.32 Å². The maximum absolute atomic E-state index is 13.0. The zero-order valence-corrected chi connectivity index (χ0v) is 15.5. The predicted molar refractivity (Wildman–Crippen MR) is 100 cm³/mol. The van der Waals surface area contributed by atoms with Crippen LogP contribution in [0, 0.1) is 5.82 Å². The Kier molecular flexibility index (Phi) is 7.50. The highest BCUT2D eigenvalue weighted by molar-refractivity contribution is 5.95. The van der Waals surface area contributed by atoms with Gasteiger partial charge in [0, 0.05) is 12.1 Å². The molecule has 0 aliphatic heterocycles. The molecule has 2 aromatic rings. The lowest BCUT2D eigenvalue weighted by atomic mass is 10.1. The minimum Gasteiger partial charge on any atom is -0.467 e. The molecular formula is C20H21FN2O5. The highest BCUT2D eigenvalue weighted by Gasteiger charge is 2.22. The lowest BCUT2D eigenvalue weighted by Gasteiger charge is -2.17. The van der Waals surface area contributed by atoms with Crippen LogP contribution in [-0.2, 0) is 20.7 Å². The van der Waals surface area contributed by atoms with Crippen molar-refractivity contribution in [3.8, 4) is 0 Å². The first-order valence-electron chi connectivity index (χ1n) is 8.60. The molecule has 0 aromatic heterocycles. The van der Waals surface area contributed by atoms with Crippen LogP contribution in [0.1, 0.15) is 22.8 Å². The second-order valence-corrected chi connectivity index (χ2v) is 5.81. The summed E-state index contributed by atoms with van der Waals surface area (Å²) in [7, 11) is 1.21. The van der Waals surface area contributed by atoms with Crippen LogP contribution in [0.15, 0.2) is 48.5 Å². The molecule has 2 rings (SSSR count). The van der Waals surface area contributed by atoms with Crippen molar-refractivity contribution in [2.45, 2.75) is 19.4 Å². The molecule has 2 amide bonds. The van der Waals surface area contributed by atoms with E-state index in [1.54, 1.807) is 25.1 Å². The SMILES string of the molecule is CCOC(=O)c1cccc(NC(=O)NC(Cc2ccc(F)cc2)C(=O)OC)c1. The number of halogens is 1. The van der Waals surface area contributed by atoms with Gasteiger partial charge in [0.15, 0.2) is 0 Å². The van der Waals surface area contributed by atoms with Gasteiger partial charge >= 0.3 is 18.0 Å². The highest BCUT2D eigenvalue weighted by atomic mass is 19.1. The van der Waals surface area contributed by atoms with Crippen molar-refractivity contribution in [2.24, 2.45) is 0 Å². The Hall–Kier alpha value is -3.42. The van der Waals surface area contributed by atoms with Gasteiger partial charge in [0.05, 0.1) is 19.3 Å². The molecule has 2 N–H and O–H groups in total. The van der Waals surface area contributed by atoms with Crippen LogP contribution in [0.25, 0.3) is 0 Å². The standard InChI is InChI=1S/C20H21FN2O5/c1-3-28-18(24)14-5-4-6-16(12-14)22-20(26)23-17(19(25)27-2)11-13-7-9-15(21)10-8-13/h4-10,12,17H,3,11H2,1-2H3,(H2,22,23,26). The van der Waals surface area contributed by atoms with E-state index in [2.05, 4.69) is 10.6 Å². The number of esters is 2. The molecule has 28 heavy (non-hydrogen) atoms. The lowest BCUT2D eigenvalue weighted by Crippen LogP contribution is -2.45. The Morgan fingerprint density at radius 2 is 1.82 bits per heavy atom. The second-order valence-electron chi connectivity index (χ2n) is 5.81. The van der Waals surface area contributed by atoms with Crippen molar-refractivity contribution < 1.29 is 28.2 Å². The van der Waals surface area contributed by atoms with E-state index >= 15 is 0 Å². The Morgan fingerprint density at radius 1 is 1.11 bits per heavy atom. The summed E-state index contributed by atoms with van der Waals surface area (Å²) >= 11 is 0. The fourth-order valence-corrected chi connectivity index (χ4v) is 2.46. The van der Waals surface area contributed by atoms with Crippen LogP contribution in [0.4, 0.5) is 14.9 Å². The normalized spacial score (nSPS) is 11.2. The summed E-state index contributed by atoms with van der Waals surface area (Å²) in [6.45, 7) is 1.93. The van der Waals surface area contributed by atoms with Gasteiger partial charge in [-0.1, -0.05) is 18.2 Å². The monoisotopic (exact) mass is 388 g/mol. The topological polar surface area (TPSA) is 93.7 Å². The fourth-order valence-electron chi connectivity index (χ4n) is 2.46. The zero-order valence-electron chi connectivity index (χ0n) is 15.5. The minimum absolute atomic E-state index is 0.128. The summed E-state index contributed by atoms with van der Waals surface area (Å²) in [4.78, 5) is 36.1. The number of anilines is 1. The number of carbonyl (C=O) groups is 3. The Bertz CT molecular complexity index is 839. The number of nitrogens with one attached hydrogen (secondary N) is 2. The summed E-state index contributed by atoms with van der Waals surface area (Å²) in [6, 6.07) is 10.2. The van der Waals surface area contributed by atoms with E-state index in [1.807, 2.05) is 0 Å². The third-order valence-corrected chi connectivity index (χ3v) is 3.78. The maximum atomic E-state index is 13.0. The predicted octanol–water partition coefficient (Wildman–Crippen LogP) is 2.91. The van der Waals surface area contributed by atoms with Gasteiger partial charge in [-0.3, -0.25) is 0 Å². The largest absolute Gasteiger partial charge is 0.467 e. The number of benzene rings is 2. The van der Waals surface area contributed by atoms with Gasteiger partial charge in [0.2, 0.25) is 0 Å². The molecule has 148 valence electrons. The number of hydrogen-bond acceptors (Lipinski definition) is 5. The Balaban J connectivity index is 2.05. The van der Waals surface area contributed by atoms with Crippen LogP contribution in [0.3, 0.4) is 0 Å². The summed E-state index contributed by atoms with van der Waals surface area (Å²) in [6.07, 6.45) is 0.128. The van der Waals surface area contributed by atoms with Gasteiger partial charge in [-0.2, -0.15) is 0 Å². The van der Waals surface area contributed by atoms with Gasteiger partial charge in [0.25, 0.3) is 0 Å². The van der Waals surface area contributed by atoms with E-state index in [0.717, 1.165) is 0 Å². The van der Waals surface area contributed by atoms with Crippen LogP contribution < -0.4 is 10.6 Å². The molecule has 0 bridgehead atoms. The molecular weight excluding hydrogens is 367 g/mol. The van der Waals surface area contributed by atoms with Gasteiger partial charge < -0.3 is 20.1 Å². The van der Waals surface area contributed by atoms with Crippen LogP contribution in [0.2, 0.25) is 0 Å². The third-order valence-electron chi connectivity index (χ3n) is 3.78. The molecule has 7 nitrogen and oxygen atoms in total. The number of carbonyl (C=O) groups excluding carboxylic acids is 3. The minimum atomic E-state index is -0.969. The third kappa shape index (κ3) is 6.08. The molecule has 0 fully saturated rings. The number of amides is 2. The van der Waals surface area contributed by atoms with Crippen molar-refractivity contribution in [1.29, 1.82) is 0 Å². The van der Waals surface area contributed by atoms with Crippen molar-refractivity contribution in [2.75, 3.05) is 19.0 Å². The smallest absolute Gasteiger partial charge is 0.338 e. The van der Waals surface area contributed by atoms with E-state index < -0.39 is 29.8 Å². The first kappa shape index (κ1) is 20.9. The molecule has 0 radical (unpaired) electrons. The molecule has 0 aliphatic carbocycles. The maximum Gasteiger partial charge on any atom is 0.338 e. The van der Waals surface area contributed by atoms with E-state index in [-0.39, 0.29) is 18.6 Å². The quantitative estimate of drug-likeness (QED) is 0.712. The van der Waals surface area contributed by atoms with Crippen molar-refractivity contribution >= 4 is 23.7 Å². The van der Waals surface area contributed by atoms with E-state index in [1.165, 1.54) is 37.4 Å². The van der Waals surface area contributed by atoms with E-state index in [9.17, 15) is 18.8 Å². The highest BCUT2D eigenvalue weighted by Crippen LogP contribution is 2.12. The van der Waals surface area contributed by atoms with Crippen molar-refractivity contribution in [3.05, 3.63) is 65.5 Å². The van der Waals surface area contributed by atoms with Crippen LogP contribution in [0.5, 0.6) is 0 Å². The molecule has 2 aromatic carbocycles. The number of ether oxygens (including phenoxy) is 2. The number of rotatable bonds is 7. The summed E-state index contributed by atoms with van der Waals surface area (Å²) in [5.74, 6) is -1.54. The second kappa shape index (κ2) is 10.1. The van der Waals surface area contributed by atoms with E-state index in [0.29, 0.717) is 11.3 Å². The molecule has 0 saturated carbocycles. The summed E-state index contributed by atoms with van der Waals surface area (Å²) in [5.41, 5.74) is 1.30. The molecule has 0 spiro atoms. The van der Waals surface area contributed by atoms with Crippen LogP contribution in [-0.4, -0.2) is 37.7 Å². The molecule has 1 unspecified atom stereocenters. The molecule has 8 heteroatoms. The Labute approximate surface area is 161 Å². The van der Waals surface area contributed by atoms with Gasteiger partial charge in [-0.05, 0) is 42.8 Å². The van der Waals surface area contributed by atoms with Crippen LogP contribution >= 0.6 is 0 Å². The first-order chi connectivity index (χ1) is 13.4. The number of methoxy groups -OCH3 is 1. The molecule has 0 heterocycles. The summed E-state index contributed by atoms with van der Waals surface area (Å²) < 4.78 is 22.7. The molecule has 0 saturated heterocycles. The average molecular weight is 388 g/mol.